The first kappa shape index (κ1) is 13.3. The van der Waals surface area contributed by atoms with Crippen molar-refractivity contribution in [3.8, 4) is 0 Å². The van der Waals surface area contributed by atoms with E-state index >= 15 is 0 Å². The standard InChI is InChI=1S/C16H20N2O2/c1-16(2)12-13(16)15(20)18(14(12)19)9-11(8-17)10-6-4-3-5-7-10/h3-7,11-13H,8-9,17H2,1-2H3. The number of carbonyl (C=O) groups excluding carboxylic acids is 2. The number of piperidine rings is 1. The van der Waals surface area contributed by atoms with Crippen LogP contribution in [0.3, 0.4) is 0 Å². The Balaban J connectivity index is 1.76. The molecule has 2 fully saturated rings. The molecule has 4 heteroatoms. The molecule has 1 heterocycles. The molecule has 2 N–H and O–H groups in total. The lowest BCUT2D eigenvalue weighted by molar-refractivity contribution is -0.143. The molecule has 3 unspecified atom stereocenters. The van der Waals surface area contributed by atoms with Crippen LogP contribution in [0.2, 0.25) is 0 Å². The fraction of sp³-hybridized carbons (Fsp3) is 0.500. The summed E-state index contributed by atoms with van der Waals surface area (Å²) < 4.78 is 0. The third-order valence-corrected chi connectivity index (χ3v) is 4.85. The van der Waals surface area contributed by atoms with Crippen LogP contribution in [0.1, 0.15) is 25.3 Å². The number of fused-ring (bicyclic) bond motifs is 1. The van der Waals surface area contributed by atoms with Crippen molar-refractivity contribution < 1.29 is 9.59 Å². The number of hydrogen-bond donors (Lipinski definition) is 1. The number of nitrogens with zero attached hydrogens (tertiary/aromatic N) is 1. The average Bonchev–Trinajstić information content (AvgIpc) is 2.91. The van der Waals surface area contributed by atoms with Gasteiger partial charge in [-0.1, -0.05) is 44.2 Å². The first-order valence-corrected chi connectivity index (χ1v) is 7.08. The number of rotatable bonds is 4. The molecule has 1 aromatic rings. The van der Waals surface area contributed by atoms with Gasteiger partial charge in [-0.05, 0) is 11.0 Å². The van der Waals surface area contributed by atoms with Crippen molar-refractivity contribution in [2.75, 3.05) is 13.1 Å². The molecular weight excluding hydrogens is 252 g/mol. The molecule has 3 atom stereocenters. The zero-order valence-electron chi connectivity index (χ0n) is 11.9. The molecular formula is C16H20N2O2. The van der Waals surface area contributed by atoms with Gasteiger partial charge in [-0.3, -0.25) is 14.5 Å². The van der Waals surface area contributed by atoms with Crippen LogP contribution in [-0.4, -0.2) is 29.8 Å². The Morgan fingerprint density at radius 1 is 1.15 bits per heavy atom. The van der Waals surface area contributed by atoms with Crippen LogP contribution < -0.4 is 5.73 Å². The van der Waals surface area contributed by atoms with Crippen LogP contribution in [0.15, 0.2) is 30.3 Å². The van der Waals surface area contributed by atoms with Crippen molar-refractivity contribution in [3.63, 3.8) is 0 Å². The predicted octanol–water partition coefficient (Wildman–Crippen LogP) is 1.37. The maximum Gasteiger partial charge on any atom is 0.233 e. The molecule has 1 aliphatic carbocycles. The van der Waals surface area contributed by atoms with Crippen LogP contribution in [-0.2, 0) is 9.59 Å². The molecule has 0 spiro atoms. The van der Waals surface area contributed by atoms with Gasteiger partial charge in [-0.25, -0.2) is 0 Å². The highest BCUT2D eigenvalue weighted by atomic mass is 16.2. The summed E-state index contributed by atoms with van der Waals surface area (Å²) in [5.74, 6) is -0.225. The van der Waals surface area contributed by atoms with Crippen LogP contribution in [0.25, 0.3) is 0 Å². The summed E-state index contributed by atoms with van der Waals surface area (Å²) in [5.41, 5.74) is 6.76. The van der Waals surface area contributed by atoms with Crippen LogP contribution in [0.5, 0.6) is 0 Å². The fourth-order valence-electron chi connectivity index (χ4n) is 3.45. The van der Waals surface area contributed by atoms with E-state index in [-0.39, 0.29) is 35.0 Å². The average molecular weight is 272 g/mol. The molecule has 106 valence electrons. The van der Waals surface area contributed by atoms with E-state index < -0.39 is 0 Å². The Morgan fingerprint density at radius 2 is 1.70 bits per heavy atom. The van der Waals surface area contributed by atoms with E-state index in [0.717, 1.165) is 5.56 Å². The monoisotopic (exact) mass is 272 g/mol. The molecule has 0 bridgehead atoms. The highest BCUT2D eigenvalue weighted by molar-refractivity contribution is 6.10. The number of hydrogen-bond acceptors (Lipinski definition) is 3. The zero-order chi connectivity index (χ0) is 14.5. The second-order valence-corrected chi connectivity index (χ2v) is 6.41. The molecule has 0 aromatic heterocycles. The van der Waals surface area contributed by atoms with E-state index in [1.807, 2.05) is 44.2 Å². The third kappa shape index (κ3) is 1.79. The second-order valence-electron chi connectivity index (χ2n) is 6.41. The predicted molar refractivity (Wildman–Crippen MR) is 75.7 cm³/mol. The first-order valence-electron chi connectivity index (χ1n) is 7.08. The Morgan fingerprint density at radius 3 is 2.20 bits per heavy atom. The Kier molecular flexibility index (Phi) is 2.94. The van der Waals surface area contributed by atoms with Crippen molar-refractivity contribution in [2.24, 2.45) is 23.0 Å². The van der Waals surface area contributed by atoms with Gasteiger partial charge in [0.25, 0.3) is 0 Å². The SMILES string of the molecule is CC1(C)C2C(=O)N(CC(CN)c3ccccc3)C(=O)C21. The lowest BCUT2D eigenvalue weighted by atomic mass is 9.97. The number of likely N-dealkylation sites (tertiary alicyclic amines) is 1. The van der Waals surface area contributed by atoms with Gasteiger partial charge in [-0.15, -0.1) is 0 Å². The molecule has 3 rings (SSSR count). The molecule has 1 saturated carbocycles. The topological polar surface area (TPSA) is 63.4 Å². The van der Waals surface area contributed by atoms with Gasteiger partial charge in [0.1, 0.15) is 0 Å². The molecule has 20 heavy (non-hydrogen) atoms. The van der Waals surface area contributed by atoms with E-state index in [1.165, 1.54) is 4.90 Å². The Bertz CT molecular complexity index is 529. The number of benzene rings is 1. The van der Waals surface area contributed by atoms with E-state index in [4.69, 9.17) is 5.73 Å². The second kappa shape index (κ2) is 4.42. The van der Waals surface area contributed by atoms with Crippen molar-refractivity contribution in [1.82, 2.24) is 4.90 Å². The molecule has 2 aliphatic rings. The summed E-state index contributed by atoms with van der Waals surface area (Å²) >= 11 is 0. The molecule has 1 saturated heterocycles. The first-order chi connectivity index (χ1) is 9.48. The normalized spacial score (nSPS) is 28.4. The molecule has 0 radical (unpaired) electrons. The van der Waals surface area contributed by atoms with Gasteiger partial charge in [-0.2, -0.15) is 0 Å². The van der Waals surface area contributed by atoms with E-state index in [9.17, 15) is 9.59 Å². The number of amides is 2. The quantitative estimate of drug-likeness (QED) is 0.842. The van der Waals surface area contributed by atoms with Gasteiger partial charge < -0.3 is 5.73 Å². The van der Waals surface area contributed by atoms with Crippen LogP contribution in [0, 0.1) is 17.3 Å². The van der Waals surface area contributed by atoms with E-state index in [0.29, 0.717) is 13.1 Å². The number of nitrogens with two attached hydrogens (primary N) is 1. The van der Waals surface area contributed by atoms with Gasteiger partial charge >= 0.3 is 0 Å². The molecule has 1 aliphatic heterocycles. The van der Waals surface area contributed by atoms with Gasteiger partial charge in [0, 0.05) is 19.0 Å². The van der Waals surface area contributed by atoms with Crippen LogP contribution >= 0.6 is 0 Å². The summed E-state index contributed by atoms with van der Waals surface area (Å²) in [6.45, 7) is 4.82. The third-order valence-electron chi connectivity index (χ3n) is 4.85. The maximum atomic E-state index is 12.3. The summed E-state index contributed by atoms with van der Waals surface area (Å²) in [6.07, 6.45) is 0. The number of imide groups is 1. The van der Waals surface area contributed by atoms with Gasteiger partial charge in [0.05, 0.1) is 11.8 Å². The molecule has 2 amide bonds. The van der Waals surface area contributed by atoms with Gasteiger partial charge in [0.2, 0.25) is 11.8 Å². The van der Waals surface area contributed by atoms with E-state index in [2.05, 4.69) is 0 Å². The van der Waals surface area contributed by atoms with Crippen LogP contribution in [0.4, 0.5) is 0 Å². The van der Waals surface area contributed by atoms with Crippen molar-refractivity contribution >= 4 is 11.8 Å². The highest BCUT2D eigenvalue weighted by Gasteiger charge is 2.72. The largest absolute Gasteiger partial charge is 0.330 e. The minimum atomic E-state index is -0.143. The van der Waals surface area contributed by atoms with E-state index in [1.54, 1.807) is 0 Å². The minimum absolute atomic E-state index is 0.0145. The minimum Gasteiger partial charge on any atom is -0.330 e. The Labute approximate surface area is 118 Å². The summed E-state index contributed by atoms with van der Waals surface area (Å²) in [7, 11) is 0. The molecule has 1 aromatic carbocycles. The Hall–Kier alpha value is -1.68. The van der Waals surface area contributed by atoms with Crippen molar-refractivity contribution in [3.05, 3.63) is 35.9 Å². The maximum absolute atomic E-state index is 12.3. The fourth-order valence-corrected chi connectivity index (χ4v) is 3.45. The zero-order valence-corrected chi connectivity index (χ0v) is 11.9. The summed E-state index contributed by atoms with van der Waals surface area (Å²) in [4.78, 5) is 26.1. The summed E-state index contributed by atoms with van der Waals surface area (Å²) in [5, 5.41) is 0. The number of carbonyl (C=O) groups is 2. The smallest absolute Gasteiger partial charge is 0.233 e. The summed E-state index contributed by atoms with van der Waals surface area (Å²) in [6, 6.07) is 9.83. The van der Waals surface area contributed by atoms with Crippen molar-refractivity contribution in [1.29, 1.82) is 0 Å². The lowest BCUT2D eigenvalue weighted by Gasteiger charge is -2.25. The van der Waals surface area contributed by atoms with Crippen molar-refractivity contribution in [2.45, 2.75) is 19.8 Å². The lowest BCUT2D eigenvalue weighted by Crippen LogP contribution is -2.40. The highest BCUT2D eigenvalue weighted by Crippen LogP contribution is 2.63. The van der Waals surface area contributed by atoms with Gasteiger partial charge in [0.15, 0.2) is 0 Å². The molecule has 4 nitrogen and oxygen atoms in total.